The zero-order chi connectivity index (χ0) is 9.68. The highest BCUT2D eigenvalue weighted by Gasteiger charge is 2.29. The average Bonchev–Trinajstić information content (AvgIpc) is 2.87. The van der Waals surface area contributed by atoms with Crippen LogP contribution in [0.1, 0.15) is 39.0 Å². The molecule has 0 heterocycles. The second kappa shape index (κ2) is 5.22. The summed E-state index contributed by atoms with van der Waals surface area (Å²) in [7, 11) is 0. The van der Waals surface area contributed by atoms with Crippen LogP contribution in [0.4, 0.5) is 0 Å². The van der Waals surface area contributed by atoms with Gasteiger partial charge in [0.2, 0.25) is 0 Å². The minimum atomic E-state index is -0.693. The molecule has 0 aliphatic heterocycles. The van der Waals surface area contributed by atoms with Crippen molar-refractivity contribution in [1.82, 2.24) is 5.32 Å². The molecule has 13 heavy (non-hydrogen) atoms. The summed E-state index contributed by atoms with van der Waals surface area (Å²) < 4.78 is 0. The molecule has 0 radical (unpaired) electrons. The number of aliphatic carboxylic acids is 1. The Balaban J connectivity index is 1.99. The first kappa shape index (κ1) is 10.5. The Labute approximate surface area is 79.5 Å². The highest BCUT2D eigenvalue weighted by molar-refractivity contribution is 5.66. The minimum Gasteiger partial charge on any atom is -0.481 e. The van der Waals surface area contributed by atoms with Crippen molar-refractivity contribution in [1.29, 1.82) is 0 Å². The zero-order valence-corrected chi connectivity index (χ0v) is 8.25. The second-order valence-electron chi connectivity index (χ2n) is 3.80. The Morgan fingerprint density at radius 3 is 2.77 bits per heavy atom. The first-order chi connectivity index (χ1) is 6.24. The van der Waals surface area contributed by atoms with Gasteiger partial charge in [-0.2, -0.15) is 0 Å². The summed E-state index contributed by atoms with van der Waals surface area (Å²) in [4.78, 5) is 10.2. The number of carboxylic acid groups (broad SMARTS) is 1. The van der Waals surface area contributed by atoms with Crippen LogP contribution in [0.5, 0.6) is 0 Å². The molecular weight excluding hydrogens is 166 g/mol. The monoisotopic (exact) mass is 185 g/mol. The Morgan fingerprint density at radius 2 is 2.31 bits per heavy atom. The van der Waals surface area contributed by atoms with Crippen molar-refractivity contribution in [2.75, 3.05) is 6.54 Å². The molecule has 0 aromatic rings. The summed E-state index contributed by atoms with van der Waals surface area (Å²) in [6.07, 6.45) is 4.90. The molecular formula is C10H19NO2. The fraction of sp³-hybridized carbons (Fsp3) is 0.900. The molecule has 1 aliphatic rings. The Morgan fingerprint density at radius 1 is 1.62 bits per heavy atom. The van der Waals surface area contributed by atoms with Crippen molar-refractivity contribution >= 4 is 5.97 Å². The first-order valence-electron chi connectivity index (χ1n) is 5.19. The van der Waals surface area contributed by atoms with Gasteiger partial charge < -0.3 is 10.4 Å². The van der Waals surface area contributed by atoms with E-state index in [2.05, 4.69) is 12.2 Å². The predicted octanol–water partition coefficient (Wildman–Crippen LogP) is 1.63. The molecule has 1 aliphatic carbocycles. The average molecular weight is 185 g/mol. The van der Waals surface area contributed by atoms with E-state index in [0.717, 1.165) is 25.3 Å². The van der Waals surface area contributed by atoms with E-state index >= 15 is 0 Å². The van der Waals surface area contributed by atoms with Gasteiger partial charge in [-0.15, -0.1) is 0 Å². The largest absolute Gasteiger partial charge is 0.481 e. The van der Waals surface area contributed by atoms with Crippen molar-refractivity contribution in [2.45, 2.75) is 45.1 Å². The molecule has 0 aromatic heterocycles. The molecule has 0 bridgehead atoms. The fourth-order valence-electron chi connectivity index (χ4n) is 1.67. The van der Waals surface area contributed by atoms with E-state index in [-0.39, 0.29) is 6.42 Å². The van der Waals surface area contributed by atoms with Crippen LogP contribution in [0, 0.1) is 5.92 Å². The number of carbonyl (C=O) groups is 1. The van der Waals surface area contributed by atoms with Crippen LogP contribution in [0.3, 0.4) is 0 Å². The Hall–Kier alpha value is -0.570. The summed E-state index contributed by atoms with van der Waals surface area (Å²) in [5.74, 6) is 0.177. The van der Waals surface area contributed by atoms with Crippen LogP contribution in [-0.4, -0.2) is 23.7 Å². The minimum absolute atomic E-state index is 0.286. The molecule has 76 valence electrons. The molecule has 0 saturated heterocycles. The highest BCUT2D eigenvalue weighted by atomic mass is 16.4. The molecule has 1 unspecified atom stereocenters. The van der Waals surface area contributed by atoms with Gasteiger partial charge in [-0.3, -0.25) is 4.79 Å². The third-order valence-electron chi connectivity index (χ3n) is 2.60. The molecule has 0 amide bonds. The maximum absolute atomic E-state index is 10.2. The molecule has 3 nitrogen and oxygen atoms in total. The number of hydrogen-bond donors (Lipinski definition) is 2. The van der Waals surface area contributed by atoms with Gasteiger partial charge in [-0.1, -0.05) is 6.92 Å². The highest BCUT2D eigenvalue weighted by Crippen LogP contribution is 2.33. The van der Waals surface area contributed by atoms with Crippen LogP contribution >= 0.6 is 0 Å². The van der Waals surface area contributed by atoms with Gasteiger partial charge in [0, 0.05) is 12.5 Å². The lowest BCUT2D eigenvalue weighted by Gasteiger charge is -2.15. The lowest BCUT2D eigenvalue weighted by Crippen LogP contribution is -2.31. The topological polar surface area (TPSA) is 49.3 Å². The Kier molecular flexibility index (Phi) is 4.22. The van der Waals surface area contributed by atoms with Crippen LogP contribution in [0.25, 0.3) is 0 Å². The van der Waals surface area contributed by atoms with E-state index in [1.807, 2.05) is 0 Å². The summed E-state index contributed by atoms with van der Waals surface area (Å²) >= 11 is 0. The summed E-state index contributed by atoms with van der Waals surface area (Å²) in [6.45, 7) is 3.04. The number of carboxylic acids is 1. The molecule has 1 fully saturated rings. The quantitative estimate of drug-likeness (QED) is 0.593. The van der Waals surface area contributed by atoms with Gasteiger partial charge in [-0.05, 0) is 38.1 Å². The van der Waals surface area contributed by atoms with Crippen molar-refractivity contribution < 1.29 is 9.90 Å². The Bertz CT molecular complexity index is 166. The summed E-state index contributed by atoms with van der Waals surface area (Å²) in [5.41, 5.74) is 0. The van der Waals surface area contributed by atoms with Crippen LogP contribution < -0.4 is 5.32 Å². The van der Waals surface area contributed by atoms with E-state index < -0.39 is 5.97 Å². The van der Waals surface area contributed by atoms with Crippen molar-refractivity contribution in [2.24, 2.45) is 5.92 Å². The molecule has 1 saturated carbocycles. The van der Waals surface area contributed by atoms with Gasteiger partial charge >= 0.3 is 5.97 Å². The van der Waals surface area contributed by atoms with E-state index in [1.165, 1.54) is 12.8 Å². The van der Waals surface area contributed by atoms with Gasteiger partial charge in [-0.25, -0.2) is 0 Å². The zero-order valence-electron chi connectivity index (χ0n) is 8.25. The molecule has 3 heteroatoms. The SMILES string of the molecule is CCC(NCCCC(=O)O)C1CC1. The van der Waals surface area contributed by atoms with Crippen LogP contribution in [0.15, 0.2) is 0 Å². The lowest BCUT2D eigenvalue weighted by atomic mass is 10.1. The second-order valence-corrected chi connectivity index (χ2v) is 3.80. The molecule has 1 rings (SSSR count). The van der Waals surface area contributed by atoms with E-state index in [0.29, 0.717) is 6.04 Å². The molecule has 1 atom stereocenters. The number of rotatable bonds is 7. The first-order valence-corrected chi connectivity index (χ1v) is 5.19. The van der Waals surface area contributed by atoms with Gasteiger partial charge in [0.1, 0.15) is 0 Å². The van der Waals surface area contributed by atoms with Crippen LogP contribution in [0.2, 0.25) is 0 Å². The summed E-state index contributed by atoms with van der Waals surface area (Å²) in [6, 6.07) is 0.633. The molecule has 0 aromatic carbocycles. The van der Waals surface area contributed by atoms with Crippen molar-refractivity contribution in [3.8, 4) is 0 Å². The van der Waals surface area contributed by atoms with Crippen LogP contribution in [-0.2, 0) is 4.79 Å². The normalized spacial score (nSPS) is 18.5. The number of hydrogen-bond acceptors (Lipinski definition) is 2. The van der Waals surface area contributed by atoms with Gasteiger partial charge in [0.25, 0.3) is 0 Å². The van der Waals surface area contributed by atoms with Crippen molar-refractivity contribution in [3.63, 3.8) is 0 Å². The standard InChI is InChI=1S/C10H19NO2/c1-2-9(8-5-6-8)11-7-3-4-10(12)13/h8-9,11H,2-7H2,1H3,(H,12,13). The van der Waals surface area contributed by atoms with E-state index in [9.17, 15) is 4.79 Å². The lowest BCUT2D eigenvalue weighted by molar-refractivity contribution is -0.137. The van der Waals surface area contributed by atoms with Crippen molar-refractivity contribution in [3.05, 3.63) is 0 Å². The smallest absolute Gasteiger partial charge is 0.303 e. The molecule has 0 spiro atoms. The predicted molar refractivity (Wildman–Crippen MR) is 51.7 cm³/mol. The third-order valence-corrected chi connectivity index (χ3v) is 2.60. The van der Waals surface area contributed by atoms with E-state index in [1.54, 1.807) is 0 Å². The maximum Gasteiger partial charge on any atom is 0.303 e. The number of nitrogens with one attached hydrogen (secondary N) is 1. The van der Waals surface area contributed by atoms with Gasteiger partial charge in [0.05, 0.1) is 0 Å². The third kappa shape index (κ3) is 4.27. The fourth-order valence-corrected chi connectivity index (χ4v) is 1.67. The summed E-state index contributed by atoms with van der Waals surface area (Å²) in [5, 5.41) is 11.9. The van der Waals surface area contributed by atoms with E-state index in [4.69, 9.17) is 5.11 Å². The van der Waals surface area contributed by atoms with Gasteiger partial charge in [0.15, 0.2) is 0 Å². The maximum atomic E-state index is 10.2. The molecule has 2 N–H and O–H groups in total.